The first-order valence-electron chi connectivity index (χ1n) is 8.60. The average Bonchev–Trinajstić information content (AvgIpc) is 3.37. The number of aromatic nitrogens is 6. The quantitative estimate of drug-likeness (QED) is 0.715. The van der Waals surface area contributed by atoms with Crippen molar-refractivity contribution < 1.29 is 18.0 Å². The van der Waals surface area contributed by atoms with E-state index in [4.69, 9.17) is 0 Å². The molecule has 1 atom stereocenters. The Kier molecular flexibility index (Phi) is 4.44. The van der Waals surface area contributed by atoms with E-state index >= 15 is 0 Å². The molecule has 3 aromatic rings. The zero-order valence-electron chi connectivity index (χ0n) is 15.0. The Morgan fingerprint density at radius 2 is 2.18 bits per heavy atom. The molecule has 1 aliphatic rings. The summed E-state index contributed by atoms with van der Waals surface area (Å²) in [7, 11) is 0. The molecule has 1 aliphatic heterocycles. The summed E-state index contributed by atoms with van der Waals surface area (Å²) in [5, 5.41) is 11.4. The molecule has 1 unspecified atom stereocenters. The van der Waals surface area contributed by atoms with Gasteiger partial charge in [-0.3, -0.25) is 9.89 Å². The number of carbonyl (C=O) groups excluding carboxylic acids is 1. The predicted molar refractivity (Wildman–Crippen MR) is 93.1 cm³/mol. The van der Waals surface area contributed by atoms with Crippen LogP contribution in [0.15, 0.2) is 11.4 Å². The maximum atomic E-state index is 13.0. The first kappa shape index (κ1) is 18.6. The van der Waals surface area contributed by atoms with Crippen LogP contribution in [0.5, 0.6) is 0 Å². The molecule has 0 fully saturated rings. The number of nitrogens with one attached hydrogen (secondary N) is 1. The molecule has 12 heteroatoms. The lowest BCUT2D eigenvalue weighted by molar-refractivity contribution is -0.144. The van der Waals surface area contributed by atoms with Crippen LogP contribution < -0.4 is 0 Å². The molecule has 0 saturated heterocycles. The fourth-order valence-corrected chi connectivity index (χ4v) is 4.28. The van der Waals surface area contributed by atoms with Gasteiger partial charge in [-0.15, -0.1) is 21.5 Å². The molecule has 0 saturated carbocycles. The van der Waals surface area contributed by atoms with Gasteiger partial charge in [-0.05, 0) is 36.8 Å². The fourth-order valence-electron chi connectivity index (χ4n) is 3.35. The summed E-state index contributed by atoms with van der Waals surface area (Å²) in [6.07, 6.45) is -3.16. The monoisotopic (exact) mass is 411 g/mol. The van der Waals surface area contributed by atoms with E-state index in [2.05, 4.69) is 20.2 Å². The highest BCUT2D eigenvalue weighted by atomic mass is 32.1. The van der Waals surface area contributed by atoms with Gasteiger partial charge in [0.25, 0.3) is 11.9 Å². The largest absolute Gasteiger partial charge is 0.451 e. The highest BCUT2D eigenvalue weighted by molar-refractivity contribution is 7.10. The van der Waals surface area contributed by atoms with E-state index in [1.165, 1.54) is 11.8 Å². The van der Waals surface area contributed by atoms with E-state index in [-0.39, 0.29) is 29.5 Å². The number of alkyl halides is 3. The van der Waals surface area contributed by atoms with Gasteiger partial charge in [0.1, 0.15) is 5.82 Å². The normalized spacial score (nSPS) is 17.0. The second-order valence-corrected chi connectivity index (χ2v) is 7.35. The zero-order valence-corrected chi connectivity index (χ0v) is 15.8. The highest BCUT2D eigenvalue weighted by Gasteiger charge is 2.36. The van der Waals surface area contributed by atoms with E-state index in [1.54, 1.807) is 16.2 Å². The molecule has 3 aromatic heterocycles. The topological polar surface area (TPSA) is 92.6 Å². The molecule has 0 aromatic carbocycles. The summed E-state index contributed by atoms with van der Waals surface area (Å²) in [6.45, 7) is 4.07. The Morgan fingerprint density at radius 1 is 1.39 bits per heavy atom. The number of H-pyrrole nitrogens is 1. The van der Waals surface area contributed by atoms with Crippen LogP contribution in [0, 0.1) is 6.92 Å². The molecule has 8 nitrogen and oxygen atoms in total. The van der Waals surface area contributed by atoms with E-state index in [9.17, 15) is 18.0 Å². The van der Waals surface area contributed by atoms with Crippen LogP contribution in [0.1, 0.15) is 52.1 Å². The first-order valence-corrected chi connectivity index (χ1v) is 9.48. The minimum Gasteiger partial charge on any atom is -0.328 e. The number of aromatic amines is 1. The van der Waals surface area contributed by atoms with Gasteiger partial charge in [0.2, 0.25) is 11.6 Å². The molecule has 0 radical (unpaired) electrons. The highest BCUT2D eigenvalue weighted by Crippen LogP contribution is 2.35. The molecular formula is C16H16F3N7OS. The van der Waals surface area contributed by atoms with Crippen molar-refractivity contribution in [3.05, 3.63) is 39.4 Å². The number of nitrogens with zero attached hydrogens (tertiary/aromatic N) is 6. The maximum absolute atomic E-state index is 13.0. The minimum absolute atomic E-state index is 0.0740. The van der Waals surface area contributed by atoms with Crippen molar-refractivity contribution in [2.75, 3.05) is 6.54 Å². The maximum Gasteiger partial charge on any atom is 0.451 e. The predicted octanol–water partition coefficient (Wildman–Crippen LogP) is 2.92. The number of amides is 1. The molecule has 4 rings (SSSR count). The van der Waals surface area contributed by atoms with Crippen LogP contribution in [0.25, 0.3) is 5.95 Å². The molecule has 0 bridgehead atoms. The van der Waals surface area contributed by atoms with Crippen molar-refractivity contribution >= 4 is 17.2 Å². The minimum atomic E-state index is -4.65. The number of fused-ring (bicyclic) bond motifs is 1. The third kappa shape index (κ3) is 3.07. The van der Waals surface area contributed by atoms with E-state index < -0.39 is 12.0 Å². The number of carbonyl (C=O) groups is 1. The van der Waals surface area contributed by atoms with Gasteiger partial charge in [0.15, 0.2) is 0 Å². The van der Waals surface area contributed by atoms with Crippen molar-refractivity contribution in [2.45, 2.75) is 38.9 Å². The summed E-state index contributed by atoms with van der Waals surface area (Å²) in [4.78, 5) is 23.5. The summed E-state index contributed by atoms with van der Waals surface area (Å²) >= 11 is 1.68. The number of rotatable bonds is 3. The van der Waals surface area contributed by atoms with Crippen LogP contribution in [-0.2, 0) is 12.6 Å². The van der Waals surface area contributed by atoms with Gasteiger partial charge in [0.05, 0.1) is 6.04 Å². The lowest BCUT2D eigenvalue weighted by Crippen LogP contribution is -2.39. The van der Waals surface area contributed by atoms with Crippen molar-refractivity contribution in [1.82, 2.24) is 34.8 Å². The number of aryl methyl sites for hydroxylation is 1. The Balaban J connectivity index is 1.63. The van der Waals surface area contributed by atoms with Crippen molar-refractivity contribution in [2.24, 2.45) is 0 Å². The molecular weight excluding hydrogens is 395 g/mol. The Morgan fingerprint density at radius 3 is 2.86 bits per heavy atom. The van der Waals surface area contributed by atoms with Gasteiger partial charge >= 0.3 is 6.18 Å². The van der Waals surface area contributed by atoms with Gasteiger partial charge in [0, 0.05) is 11.4 Å². The number of halogens is 3. The summed E-state index contributed by atoms with van der Waals surface area (Å²) in [6, 6.07) is 1.95. The standard InChI is InChI=1S/C16H16F3N7OS/c1-3-10-9-5-7-28-11(9)4-6-25(10)13(27)12-20-8(2)26(24-12)15-21-14(22-23-15)16(17,18)19/h5,7,10H,3-4,6H2,1-2H3,(H,21,22,23). The summed E-state index contributed by atoms with van der Waals surface area (Å²) < 4.78 is 39.2. The number of hydrogen-bond donors (Lipinski definition) is 1. The van der Waals surface area contributed by atoms with Gasteiger partial charge in [-0.25, -0.2) is 4.98 Å². The Bertz CT molecular complexity index is 1020. The summed E-state index contributed by atoms with van der Waals surface area (Å²) in [5.41, 5.74) is 1.13. The second kappa shape index (κ2) is 6.69. The summed E-state index contributed by atoms with van der Waals surface area (Å²) in [5.74, 6) is -1.79. The molecule has 28 heavy (non-hydrogen) atoms. The molecule has 0 spiro atoms. The van der Waals surface area contributed by atoms with E-state index in [0.29, 0.717) is 6.54 Å². The SMILES string of the molecule is CCC1c2ccsc2CCN1C(=O)c1nc(C)n(-c2n[nH]c(C(F)(F)F)n2)n1. The lowest BCUT2D eigenvalue weighted by atomic mass is 9.98. The smallest absolute Gasteiger partial charge is 0.328 e. The molecule has 1 amide bonds. The van der Waals surface area contributed by atoms with Crippen molar-refractivity contribution in [3.8, 4) is 5.95 Å². The zero-order chi connectivity index (χ0) is 20.1. The number of thiophene rings is 1. The van der Waals surface area contributed by atoms with E-state index in [1.807, 2.05) is 23.5 Å². The van der Waals surface area contributed by atoms with Crippen LogP contribution in [-0.4, -0.2) is 47.3 Å². The second-order valence-electron chi connectivity index (χ2n) is 6.35. The Labute approximate surface area is 161 Å². The van der Waals surface area contributed by atoms with Gasteiger partial charge in [-0.2, -0.15) is 22.8 Å². The van der Waals surface area contributed by atoms with Crippen molar-refractivity contribution in [1.29, 1.82) is 0 Å². The first-order chi connectivity index (χ1) is 13.3. The third-order valence-electron chi connectivity index (χ3n) is 4.63. The molecule has 148 valence electrons. The average molecular weight is 411 g/mol. The Hall–Kier alpha value is -2.76. The van der Waals surface area contributed by atoms with Gasteiger partial charge < -0.3 is 4.90 Å². The van der Waals surface area contributed by atoms with E-state index in [0.717, 1.165) is 23.1 Å². The van der Waals surface area contributed by atoms with Crippen LogP contribution >= 0.6 is 11.3 Å². The van der Waals surface area contributed by atoms with Crippen LogP contribution in [0.2, 0.25) is 0 Å². The molecule has 1 N–H and O–H groups in total. The van der Waals surface area contributed by atoms with Crippen molar-refractivity contribution in [3.63, 3.8) is 0 Å². The fraction of sp³-hybridized carbons (Fsp3) is 0.438. The van der Waals surface area contributed by atoms with Gasteiger partial charge in [-0.1, -0.05) is 6.92 Å². The molecule has 4 heterocycles. The van der Waals surface area contributed by atoms with Crippen LogP contribution in [0.3, 0.4) is 0 Å². The van der Waals surface area contributed by atoms with Crippen LogP contribution in [0.4, 0.5) is 13.2 Å². The molecule has 0 aliphatic carbocycles. The number of hydrogen-bond acceptors (Lipinski definition) is 6. The lowest BCUT2D eigenvalue weighted by Gasteiger charge is -2.34. The third-order valence-corrected chi connectivity index (χ3v) is 5.63.